The smallest absolute Gasteiger partial charge is 0.247 e. The molecule has 184 valence electrons. The maximum absolute atomic E-state index is 13.4. The van der Waals surface area contributed by atoms with Crippen LogP contribution >= 0.6 is 0 Å². The summed E-state index contributed by atoms with van der Waals surface area (Å²) in [5.41, 5.74) is 0.777. The Morgan fingerprint density at radius 1 is 0.914 bits per heavy atom. The number of carbonyl (C=O) groups excluding carboxylic acids is 2. The van der Waals surface area contributed by atoms with Crippen molar-refractivity contribution >= 4 is 38.3 Å². The van der Waals surface area contributed by atoms with Gasteiger partial charge in [0.2, 0.25) is 21.8 Å². The van der Waals surface area contributed by atoms with E-state index in [0.717, 1.165) is 18.4 Å². The van der Waals surface area contributed by atoms with Crippen LogP contribution in [0.4, 0.5) is 5.69 Å². The molecule has 3 aromatic carbocycles. The maximum Gasteiger partial charge on any atom is 0.247 e. The summed E-state index contributed by atoms with van der Waals surface area (Å²) >= 11 is 0. The van der Waals surface area contributed by atoms with Gasteiger partial charge in [-0.05, 0) is 51.3 Å². The lowest BCUT2D eigenvalue weighted by Gasteiger charge is -2.22. The summed E-state index contributed by atoms with van der Waals surface area (Å²) in [7, 11) is -3.79. The highest BCUT2D eigenvalue weighted by molar-refractivity contribution is 7.89. The molecule has 8 heteroatoms. The molecule has 0 heterocycles. The molecule has 7 nitrogen and oxygen atoms in total. The van der Waals surface area contributed by atoms with Gasteiger partial charge in [0.15, 0.2) is 0 Å². The van der Waals surface area contributed by atoms with Crippen molar-refractivity contribution in [1.29, 1.82) is 0 Å². The van der Waals surface area contributed by atoms with Crippen molar-refractivity contribution in [3.8, 4) is 0 Å². The monoisotopic (exact) mass is 493 g/mol. The largest absolute Gasteiger partial charge is 0.344 e. The fraction of sp³-hybridized carbons (Fsp3) is 0.333. The van der Waals surface area contributed by atoms with Crippen LogP contribution in [0.25, 0.3) is 10.8 Å². The van der Waals surface area contributed by atoms with E-state index in [1.165, 1.54) is 0 Å². The van der Waals surface area contributed by atoms with Crippen LogP contribution in [0.1, 0.15) is 39.2 Å². The number of carbonyl (C=O) groups is 2. The Morgan fingerprint density at radius 2 is 1.57 bits per heavy atom. The van der Waals surface area contributed by atoms with Crippen molar-refractivity contribution in [2.45, 2.75) is 56.5 Å². The van der Waals surface area contributed by atoms with E-state index in [4.69, 9.17) is 0 Å². The molecule has 0 spiro atoms. The second-order valence-corrected chi connectivity index (χ2v) is 11.7. The third-order valence-electron chi connectivity index (χ3n) is 5.73. The van der Waals surface area contributed by atoms with Gasteiger partial charge in [0.05, 0.1) is 4.90 Å². The van der Waals surface area contributed by atoms with E-state index in [-0.39, 0.29) is 22.6 Å². The average Bonchev–Trinajstić information content (AvgIpc) is 3.63. The Morgan fingerprint density at radius 3 is 2.23 bits per heavy atom. The van der Waals surface area contributed by atoms with Gasteiger partial charge in [-0.2, -0.15) is 0 Å². The molecule has 4 rings (SSSR count). The average molecular weight is 494 g/mol. The highest BCUT2D eigenvalue weighted by atomic mass is 32.2. The van der Waals surface area contributed by atoms with E-state index < -0.39 is 21.6 Å². The number of sulfonamides is 1. The third-order valence-corrected chi connectivity index (χ3v) is 7.55. The minimum Gasteiger partial charge on any atom is -0.344 e. The molecule has 0 bridgehead atoms. The van der Waals surface area contributed by atoms with Crippen molar-refractivity contribution in [3.05, 3.63) is 72.3 Å². The lowest BCUT2D eigenvalue weighted by molar-refractivity contribution is -0.127. The molecule has 0 radical (unpaired) electrons. The number of fused-ring (bicyclic) bond motifs is 1. The van der Waals surface area contributed by atoms with Crippen LogP contribution in [0, 0.1) is 5.92 Å². The topological polar surface area (TPSA) is 104 Å². The molecule has 0 aliphatic heterocycles. The summed E-state index contributed by atoms with van der Waals surface area (Å²) in [6.07, 6.45) is 2.04. The summed E-state index contributed by atoms with van der Waals surface area (Å²) in [6.45, 7) is 5.35. The molecule has 0 aromatic heterocycles. The molecule has 1 fully saturated rings. The van der Waals surface area contributed by atoms with Crippen molar-refractivity contribution in [3.63, 3.8) is 0 Å². The summed E-state index contributed by atoms with van der Waals surface area (Å²) in [4.78, 5) is 26.0. The Balaban J connectivity index is 1.64. The second-order valence-electron chi connectivity index (χ2n) is 10.0. The molecule has 0 saturated heterocycles. The van der Waals surface area contributed by atoms with E-state index in [1.807, 2.05) is 30.3 Å². The highest BCUT2D eigenvalue weighted by Gasteiger charge is 2.33. The maximum atomic E-state index is 13.4. The van der Waals surface area contributed by atoms with Gasteiger partial charge in [-0.3, -0.25) is 9.59 Å². The molecule has 3 N–H and O–H groups in total. The van der Waals surface area contributed by atoms with Gasteiger partial charge in [0.25, 0.3) is 0 Å². The molecule has 1 atom stereocenters. The Bertz CT molecular complexity index is 1340. The quantitative estimate of drug-likeness (QED) is 0.441. The van der Waals surface area contributed by atoms with Crippen molar-refractivity contribution < 1.29 is 18.0 Å². The third kappa shape index (κ3) is 6.26. The van der Waals surface area contributed by atoms with Gasteiger partial charge in [-0.25, -0.2) is 13.1 Å². The zero-order valence-electron chi connectivity index (χ0n) is 20.2. The number of rotatable bonds is 8. The van der Waals surface area contributed by atoms with Crippen LogP contribution in [-0.4, -0.2) is 31.8 Å². The van der Waals surface area contributed by atoms with Crippen LogP contribution in [-0.2, 0) is 26.0 Å². The van der Waals surface area contributed by atoms with Gasteiger partial charge in [0, 0.05) is 34.3 Å². The number of anilines is 1. The van der Waals surface area contributed by atoms with Crippen LogP contribution in [0.3, 0.4) is 0 Å². The predicted octanol–water partition coefficient (Wildman–Crippen LogP) is 3.99. The van der Waals surface area contributed by atoms with Crippen LogP contribution < -0.4 is 15.4 Å². The SMILES string of the molecule is CC(C)(C)NS(=O)(=O)c1cccc2c(NC(=O)C(Cc3ccccc3)NC(=O)C3CC3)cccc12. The van der Waals surface area contributed by atoms with Gasteiger partial charge >= 0.3 is 0 Å². The summed E-state index contributed by atoms with van der Waals surface area (Å²) in [5, 5.41) is 6.93. The van der Waals surface area contributed by atoms with Gasteiger partial charge in [-0.15, -0.1) is 0 Å². The number of benzene rings is 3. The second kappa shape index (κ2) is 9.79. The normalized spacial score (nSPS) is 14.9. The first-order chi connectivity index (χ1) is 16.5. The molecule has 1 saturated carbocycles. The number of nitrogens with one attached hydrogen (secondary N) is 3. The molecule has 35 heavy (non-hydrogen) atoms. The van der Waals surface area contributed by atoms with Crippen molar-refractivity contribution in [1.82, 2.24) is 10.0 Å². The molecule has 1 unspecified atom stereocenters. The van der Waals surface area contributed by atoms with Crippen LogP contribution in [0.5, 0.6) is 0 Å². The van der Waals surface area contributed by atoms with E-state index in [2.05, 4.69) is 15.4 Å². The zero-order chi connectivity index (χ0) is 25.2. The highest BCUT2D eigenvalue weighted by Crippen LogP contribution is 2.31. The first kappa shape index (κ1) is 24.9. The first-order valence-electron chi connectivity index (χ1n) is 11.7. The summed E-state index contributed by atoms with van der Waals surface area (Å²) in [6, 6.07) is 18.9. The fourth-order valence-electron chi connectivity index (χ4n) is 4.00. The molecular formula is C27H31N3O4S. The lowest BCUT2D eigenvalue weighted by Crippen LogP contribution is -2.45. The lowest BCUT2D eigenvalue weighted by atomic mass is 10.0. The van der Waals surface area contributed by atoms with E-state index in [0.29, 0.717) is 22.9 Å². The zero-order valence-corrected chi connectivity index (χ0v) is 21.0. The Labute approximate surface area is 206 Å². The molecule has 3 aromatic rings. The fourth-order valence-corrected chi connectivity index (χ4v) is 5.64. The summed E-state index contributed by atoms with van der Waals surface area (Å²) < 4.78 is 28.8. The molecular weight excluding hydrogens is 462 g/mol. The number of hydrogen-bond acceptors (Lipinski definition) is 4. The van der Waals surface area contributed by atoms with E-state index >= 15 is 0 Å². The van der Waals surface area contributed by atoms with Gasteiger partial charge in [-0.1, -0.05) is 54.6 Å². The van der Waals surface area contributed by atoms with E-state index in [9.17, 15) is 18.0 Å². The minimum absolute atomic E-state index is 0.0262. The van der Waals surface area contributed by atoms with Crippen LogP contribution in [0.15, 0.2) is 71.6 Å². The number of amides is 2. The van der Waals surface area contributed by atoms with Gasteiger partial charge < -0.3 is 10.6 Å². The van der Waals surface area contributed by atoms with E-state index in [1.54, 1.807) is 57.2 Å². The van der Waals surface area contributed by atoms with Gasteiger partial charge in [0.1, 0.15) is 6.04 Å². The minimum atomic E-state index is -3.79. The first-order valence-corrected chi connectivity index (χ1v) is 13.2. The number of hydrogen-bond donors (Lipinski definition) is 3. The molecule has 1 aliphatic rings. The Kier molecular flexibility index (Phi) is 6.96. The molecule has 2 amide bonds. The predicted molar refractivity (Wildman–Crippen MR) is 137 cm³/mol. The Hall–Kier alpha value is -3.23. The van der Waals surface area contributed by atoms with Crippen molar-refractivity contribution in [2.75, 3.05) is 5.32 Å². The van der Waals surface area contributed by atoms with Crippen molar-refractivity contribution in [2.24, 2.45) is 5.92 Å². The molecule has 1 aliphatic carbocycles. The standard InChI is InChI=1S/C27H31N3O4S/c1-27(2,3)30-35(33,34)24-14-8-11-20-21(24)12-7-13-22(20)28-26(32)23(29-25(31)19-15-16-19)17-18-9-5-4-6-10-18/h4-14,19,23,30H,15-17H2,1-3H3,(H,28,32)(H,29,31). The van der Waals surface area contributed by atoms with Crippen LogP contribution in [0.2, 0.25) is 0 Å². The summed E-state index contributed by atoms with van der Waals surface area (Å²) in [5.74, 6) is -0.487.